The fourth-order valence-electron chi connectivity index (χ4n) is 3.38. The van der Waals surface area contributed by atoms with Crippen molar-refractivity contribution in [1.29, 1.82) is 0 Å². The van der Waals surface area contributed by atoms with Gasteiger partial charge in [-0.05, 0) is 24.3 Å². The highest BCUT2D eigenvalue weighted by molar-refractivity contribution is 5.67. The monoisotopic (exact) mass is 304 g/mol. The van der Waals surface area contributed by atoms with Crippen molar-refractivity contribution in [3.8, 4) is 0 Å². The number of piperazine rings is 1. The molecule has 3 rings (SSSR count). The maximum absolute atomic E-state index is 12.2. The van der Waals surface area contributed by atoms with Crippen LogP contribution in [0.4, 0.5) is 4.79 Å². The van der Waals surface area contributed by atoms with Crippen LogP contribution in [0.15, 0.2) is 30.3 Å². The number of nitrogens with zero attached hydrogens (tertiary/aromatic N) is 2. The van der Waals surface area contributed by atoms with E-state index in [1.807, 2.05) is 35.2 Å². The van der Waals surface area contributed by atoms with E-state index in [-0.39, 0.29) is 12.7 Å². The summed E-state index contributed by atoms with van der Waals surface area (Å²) in [6.07, 6.45) is 1.88. The molecule has 0 aliphatic carbocycles. The first-order valence-electron chi connectivity index (χ1n) is 8.07. The van der Waals surface area contributed by atoms with Gasteiger partial charge in [0.15, 0.2) is 0 Å². The van der Waals surface area contributed by atoms with Gasteiger partial charge in [-0.1, -0.05) is 30.3 Å². The van der Waals surface area contributed by atoms with Gasteiger partial charge in [0, 0.05) is 38.8 Å². The molecule has 1 aromatic rings. The predicted octanol–water partition coefficient (Wildman–Crippen LogP) is 1.71. The van der Waals surface area contributed by atoms with Crippen LogP contribution in [0.5, 0.6) is 0 Å². The number of rotatable bonds is 3. The van der Waals surface area contributed by atoms with E-state index >= 15 is 0 Å². The number of fused-ring (bicyclic) bond motifs is 1. The zero-order chi connectivity index (χ0) is 15.4. The molecule has 0 bridgehead atoms. The first kappa shape index (κ1) is 15.3. The fourth-order valence-corrected chi connectivity index (χ4v) is 3.38. The summed E-state index contributed by atoms with van der Waals surface area (Å²) in [4.78, 5) is 16.4. The molecular formula is C17H24N2O3. The molecule has 0 spiro atoms. The molecule has 2 heterocycles. The SMILES string of the molecule is O=C(OCc1ccccc1)N1CCN2C[C@H](CO)CC[C@H]2C1. The summed E-state index contributed by atoms with van der Waals surface area (Å²) < 4.78 is 5.42. The number of carbonyl (C=O) groups is 1. The van der Waals surface area contributed by atoms with E-state index in [1.54, 1.807) is 0 Å². The van der Waals surface area contributed by atoms with Gasteiger partial charge in [-0.3, -0.25) is 4.90 Å². The highest BCUT2D eigenvalue weighted by Crippen LogP contribution is 2.25. The molecule has 2 aliphatic heterocycles. The highest BCUT2D eigenvalue weighted by Gasteiger charge is 2.34. The van der Waals surface area contributed by atoms with Gasteiger partial charge < -0.3 is 14.7 Å². The molecule has 2 atom stereocenters. The Morgan fingerprint density at radius 2 is 2.00 bits per heavy atom. The van der Waals surface area contributed by atoms with E-state index < -0.39 is 0 Å². The van der Waals surface area contributed by atoms with Crippen LogP contribution in [0.3, 0.4) is 0 Å². The van der Waals surface area contributed by atoms with Gasteiger partial charge in [-0.15, -0.1) is 0 Å². The van der Waals surface area contributed by atoms with Crippen molar-refractivity contribution >= 4 is 6.09 Å². The Hall–Kier alpha value is -1.59. The molecule has 0 radical (unpaired) electrons. The Morgan fingerprint density at radius 3 is 2.77 bits per heavy atom. The smallest absolute Gasteiger partial charge is 0.410 e. The minimum atomic E-state index is -0.215. The largest absolute Gasteiger partial charge is 0.445 e. The summed E-state index contributed by atoms with van der Waals surface area (Å²) in [5.74, 6) is 0.396. The third-order valence-electron chi connectivity index (χ3n) is 4.73. The Kier molecular flexibility index (Phi) is 4.95. The third kappa shape index (κ3) is 3.59. The molecule has 1 aromatic carbocycles. The number of aliphatic hydroxyl groups excluding tert-OH is 1. The Morgan fingerprint density at radius 1 is 1.18 bits per heavy atom. The lowest BCUT2D eigenvalue weighted by molar-refractivity contribution is 0.00939. The van der Waals surface area contributed by atoms with Gasteiger partial charge in [-0.2, -0.15) is 0 Å². The summed E-state index contributed by atoms with van der Waals surface area (Å²) in [5, 5.41) is 9.29. The van der Waals surface area contributed by atoms with E-state index in [2.05, 4.69) is 4.90 Å². The van der Waals surface area contributed by atoms with Crippen LogP contribution in [0, 0.1) is 5.92 Å². The lowest BCUT2D eigenvalue weighted by atomic mass is 9.92. The average Bonchev–Trinajstić information content (AvgIpc) is 2.59. The van der Waals surface area contributed by atoms with Crippen molar-refractivity contribution in [3.05, 3.63) is 35.9 Å². The third-order valence-corrected chi connectivity index (χ3v) is 4.73. The number of carbonyl (C=O) groups excluding carboxylic acids is 1. The van der Waals surface area contributed by atoms with E-state index in [4.69, 9.17) is 4.74 Å². The lowest BCUT2D eigenvalue weighted by Gasteiger charge is -2.45. The lowest BCUT2D eigenvalue weighted by Crippen LogP contribution is -2.57. The minimum Gasteiger partial charge on any atom is -0.445 e. The van der Waals surface area contributed by atoms with Crippen LogP contribution in [0.25, 0.3) is 0 Å². The second-order valence-electron chi connectivity index (χ2n) is 6.26. The number of ether oxygens (including phenoxy) is 1. The summed E-state index contributed by atoms with van der Waals surface area (Å²) in [7, 11) is 0. The second-order valence-corrected chi connectivity index (χ2v) is 6.26. The maximum Gasteiger partial charge on any atom is 0.410 e. The molecule has 5 nitrogen and oxygen atoms in total. The predicted molar refractivity (Wildman–Crippen MR) is 83.4 cm³/mol. The Bertz CT molecular complexity index is 494. The second kappa shape index (κ2) is 7.11. The first-order valence-corrected chi connectivity index (χ1v) is 8.07. The standard InChI is InChI=1S/C17H24N2O3/c20-12-15-6-7-16-11-19(9-8-18(16)10-15)17(21)22-13-14-4-2-1-3-5-14/h1-5,15-16,20H,6-13H2/t15-,16+/m1/s1. The summed E-state index contributed by atoms with van der Waals surface area (Å²) in [6, 6.07) is 10.2. The van der Waals surface area contributed by atoms with E-state index in [9.17, 15) is 9.90 Å². The van der Waals surface area contributed by atoms with Crippen LogP contribution in [-0.4, -0.2) is 59.8 Å². The Labute approximate surface area is 131 Å². The van der Waals surface area contributed by atoms with Gasteiger partial charge >= 0.3 is 6.09 Å². The molecule has 5 heteroatoms. The van der Waals surface area contributed by atoms with Gasteiger partial charge in [0.05, 0.1) is 0 Å². The van der Waals surface area contributed by atoms with Crippen LogP contribution in [-0.2, 0) is 11.3 Å². The fraction of sp³-hybridized carbons (Fsp3) is 0.588. The van der Waals surface area contributed by atoms with Crippen molar-refractivity contribution in [2.24, 2.45) is 5.92 Å². The first-order chi connectivity index (χ1) is 10.8. The van der Waals surface area contributed by atoms with Gasteiger partial charge in [0.25, 0.3) is 0 Å². The van der Waals surface area contributed by atoms with Crippen LogP contribution >= 0.6 is 0 Å². The van der Waals surface area contributed by atoms with Gasteiger partial charge in [0.1, 0.15) is 6.61 Å². The maximum atomic E-state index is 12.2. The molecule has 2 fully saturated rings. The number of hydrogen-bond acceptors (Lipinski definition) is 4. The number of amides is 1. The molecule has 0 saturated carbocycles. The molecule has 22 heavy (non-hydrogen) atoms. The van der Waals surface area contributed by atoms with Crippen molar-refractivity contribution in [2.45, 2.75) is 25.5 Å². The average molecular weight is 304 g/mol. The van der Waals surface area contributed by atoms with Crippen LogP contribution in [0.1, 0.15) is 18.4 Å². The van der Waals surface area contributed by atoms with Crippen molar-refractivity contribution < 1.29 is 14.6 Å². The number of aliphatic hydroxyl groups is 1. The van der Waals surface area contributed by atoms with E-state index in [0.717, 1.165) is 38.0 Å². The Balaban J connectivity index is 1.48. The van der Waals surface area contributed by atoms with Gasteiger partial charge in [-0.25, -0.2) is 4.79 Å². The number of hydrogen-bond donors (Lipinski definition) is 1. The normalized spacial score (nSPS) is 25.6. The quantitative estimate of drug-likeness (QED) is 0.924. The molecule has 2 saturated heterocycles. The molecule has 2 aliphatic rings. The summed E-state index contributed by atoms with van der Waals surface area (Å²) in [6.45, 7) is 3.88. The number of benzene rings is 1. The van der Waals surface area contributed by atoms with Crippen LogP contribution < -0.4 is 0 Å². The van der Waals surface area contributed by atoms with E-state index in [1.165, 1.54) is 0 Å². The van der Waals surface area contributed by atoms with E-state index in [0.29, 0.717) is 25.1 Å². The molecule has 1 amide bonds. The highest BCUT2D eigenvalue weighted by atomic mass is 16.6. The van der Waals surface area contributed by atoms with Crippen molar-refractivity contribution in [1.82, 2.24) is 9.80 Å². The molecule has 0 aromatic heterocycles. The zero-order valence-electron chi connectivity index (χ0n) is 12.9. The topological polar surface area (TPSA) is 53.0 Å². The van der Waals surface area contributed by atoms with Crippen molar-refractivity contribution in [2.75, 3.05) is 32.8 Å². The molecular weight excluding hydrogens is 280 g/mol. The summed E-state index contributed by atoms with van der Waals surface area (Å²) in [5.41, 5.74) is 1.01. The minimum absolute atomic E-state index is 0.215. The van der Waals surface area contributed by atoms with Crippen LogP contribution in [0.2, 0.25) is 0 Å². The molecule has 0 unspecified atom stereocenters. The van der Waals surface area contributed by atoms with Crippen molar-refractivity contribution in [3.63, 3.8) is 0 Å². The number of piperidine rings is 1. The summed E-state index contributed by atoms with van der Waals surface area (Å²) >= 11 is 0. The zero-order valence-corrected chi connectivity index (χ0v) is 12.9. The molecule has 120 valence electrons. The molecule has 1 N–H and O–H groups in total. The van der Waals surface area contributed by atoms with Gasteiger partial charge in [0.2, 0.25) is 0 Å².